The predicted molar refractivity (Wildman–Crippen MR) is 30.6 cm³/mol. The van der Waals surface area contributed by atoms with E-state index in [0.29, 0.717) is 0 Å². The minimum Gasteiger partial charge on any atom is -0.506 e. The number of nitrogens with zero attached hydrogens (tertiary/aromatic N) is 1. The molecule has 0 fully saturated rings. The van der Waals surface area contributed by atoms with Gasteiger partial charge in [0.2, 0.25) is 0 Å². The average Bonchev–Trinajstić information content (AvgIpc) is 1.97. The highest BCUT2D eigenvalue weighted by molar-refractivity contribution is 5.25. The lowest BCUT2D eigenvalue weighted by Crippen LogP contribution is -1.73. The summed E-state index contributed by atoms with van der Waals surface area (Å²) in [6.45, 7) is 1.48. The molecular weight excluding hydrogens is 102 g/mol. The molecule has 0 radical (unpaired) electrons. The van der Waals surface area contributed by atoms with E-state index in [1.54, 1.807) is 0 Å². The second-order valence-corrected chi connectivity index (χ2v) is 1.43. The van der Waals surface area contributed by atoms with Crippen molar-refractivity contribution in [2.75, 3.05) is 0 Å². The Hall–Kier alpha value is -1.05. The number of aromatic hydroxyl groups is 1. The molecule has 0 bridgehead atoms. The fourth-order valence-corrected chi connectivity index (χ4v) is 0.336. The normalized spacial score (nSPS) is 14.4. The fraction of sp³-hybridized carbons (Fsp3) is 0.167. The molecule has 0 aliphatic rings. The lowest BCUT2D eigenvalue weighted by molar-refractivity contribution is 0.468. The van der Waals surface area contributed by atoms with Gasteiger partial charge >= 0.3 is 0 Å². The lowest BCUT2D eigenvalue weighted by Gasteiger charge is -1.91. The van der Waals surface area contributed by atoms with Crippen LogP contribution in [0.1, 0.15) is 9.68 Å². The molecule has 8 heavy (non-hydrogen) atoms. The molecule has 42 valence electrons. The predicted octanol–water partition coefficient (Wildman–Crippen LogP) is 1.10. The number of hydrogen-bond acceptors (Lipinski definition) is 2. The summed E-state index contributed by atoms with van der Waals surface area (Å²) in [5, 5.41) is 9.06. The Labute approximate surface area is 52.0 Å². The van der Waals surface area contributed by atoms with E-state index >= 15 is 0 Å². The topological polar surface area (TPSA) is 33.1 Å². The highest BCUT2D eigenvalue weighted by Gasteiger charge is 1.88. The minimum absolute atomic E-state index is 0.126. The maximum absolute atomic E-state index is 9.06. The third kappa shape index (κ3) is 0.780. The maximum atomic E-state index is 9.06. The van der Waals surface area contributed by atoms with E-state index < -0.39 is 0 Å². The Balaban J connectivity index is 3.46. The van der Waals surface area contributed by atoms with Gasteiger partial charge in [-0.2, -0.15) is 0 Å². The molecule has 0 aliphatic carbocycles. The van der Waals surface area contributed by atoms with Gasteiger partial charge in [-0.05, 0) is 18.5 Å². The first kappa shape index (κ1) is 2.49. The van der Waals surface area contributed by atoms with E-state index in [9.17, 15) is 0 Å². The fourth-order valence-electron chi connectivity index (χ4n) is 0.336. The Morgan fingerprint density at radius 1 is 1.88 bits per heavy atom. The second-order valence-electron chi connectivity index (χ2n) is 1.43. The first-order chi connectivity index (χ1) is 5.04. The van der Waals surface area contributed by atoms with E-state index in [1.165, 1.54) is 6.92 Å². The molecule has 1 rings (SSSR count). The monoisotopic (exact) mass is 112 g/mol. The lowest BCUT2D eigenvalue weighted by atomic mass is 10.3. The molecule has 0 atom stereocenters. The minimum atomic E-state index is -0.344. The molecule has 0 saturated heterocycles. The third-order valence-corrected chi connectivity index (χ3v) is 0.816. The molecular formula is C6H7NO. The SMILES string of the molecule is [2H]c1nc([2H])c(O)c(C)c1[2H]. The summed E-state index contributed by atoms with van der Waals surface area (Å²) in [4.78, 5) is 3.33. The van der Waals surface area contributed by atoms with Crippen LogP contribution >= 0.6 is 0 Å². The molecule has 0 aromatic carbocycles. The van der Waals surface area contributed by atoms with Gasteiger partial charge in [0, 0.05) is 6.17 Å². The number of rotatable bonds is 0. The van der Waals surface area contributed by atoms with Crippen LogP contribution in [0.25, 0.3) is 0 Å². The third-order valence-electron chi connectivity index (χ3n) is 0.816. The first-order valence-corrected chi connectivity index (χ1v) is 2.17. The van der Waals surface area contributed by atoms with Crippen LogP contribution in [0.5, 0.6) is 5.75 Å². The van der Waals surface area contributed by atoms with Crippen molar-refractivity contribution in [3.05, 3.63) is 24.0 Å². The summed E-state index contributed by atoms with van der Waals surface area (Å²) >= 11 is 0. The van der Waals surface area contributed by atoms with Gasteiger partial charge in [0.1, 0.15) is 5.75 Å². The summed E-state index contributed by atoms with van der Waals surface area (Å²) < 4.78 is 21.3. The molecule has 0 saturated carbocycles. The molecule has 0 amide bonds. The van der Waals surface area contributed by atoms with E-state index in [2.05, 4.69) is 4.98 Å². The van der Waals surface area contributed by atoms with Crippen LogP contribution in [0.15, 0.2) is 18.4 Å². The molecule has 1 aromatic rings. The van der Waals surface area contributed by atoms with E-state index in [1.807, 2.05) is 0 Å². The van der Waals surface area contributed by atoms with Gasteiger partial charge in [-0.15, -0.1) is 0 Å². The van der Waals surface area contributed by atoms with Crippen molar-refractivity contribution in [3.8, 4) is 5.75 Å². The van der Waals surface area contributed by atoms with Crippen LogP contribution in [0.2, 0.25) is 0 Å². The van der Waals surface area contributed by atoms with Crippen LogP contribution in [0.3, 0.4) is 0 Å². The summed E-state index contributed by atoms with van der Waals surface area (Å²) in [6.07, 6.45) is -0.617. The van der Waals surface area contributed by atoms with E-state index in [-0.39, 0.29) is 29.7 Å². The van der Waals surface area contributed by atoms with Crippen LogP contribution in [-0.4, -0.2) is 10.1 Å². The van der Waals surface area contributed by atoms with Gasteiger partial charge in [-0.1, -0.05) is 0 Å². The summed E-state index contributed by atoms with van der Waals surface area (Å²) in [7, 11) is 0. The highest BCUT2D eigenvalue weighted by atomic mass is 16.3. The van der Waals surface area contributed by atoms with Gasteiger partial charge in [-0.3, -0.25) is 4.98 Å². The number of pyridine rings is 1. The molecule has 0 unspecified atom stereocenters. The van der Waals surface area contributed by atoms with Gasteiger partial charge in [0.05, 0.1) is 10.3 Å². The Morgan fingerprint density at radius 3 is 3.38 bits per heavy atom. The van der Waals surface area contributed by atoms with Gasteiger partial charge in [0.25, 0.3) is 0 Å². The van der Waals surface area contributed by atoms with Crippen molar-refractivity contribution in [2.45, 2.75) is 6.92 Å². The van der Waals surface area contributed by atoms with E-state index in [4.69, 9.17) is 9.22 Å². The Kier molecular flexibility index (Phi) is 0.565. The van der Waals surface area contributed by atoms with Crippen molar-refractivity contribution < 1.29 is 9.22 Å². The van der Waals surface area contributed by atoms with Crippen molar-refractivity contribution in [3.63, 3.8) is 0 Å². The smallest absolute Gasteiger partial charge is 0.136 e. The molecule has 1 aromatic heterocycles. The maximum Gasteiger partial charge on any atom is 0.136 e. The van der Waals surface area contributed by atoms with Gasteiger partial charge in [-0.25, -0.2) is 0 Å². The standard InChI is InChI=1S/C6H7NO/c1-5-2-3-7-4-6(5)8/h2-4,8H,1H3/i2D,3D,4D. The summed E-state index contributed by atoms with van der Waals surface area (Å²) in [5.41, 5.74) is 0.231. The highest BCUT2D eigenvalue weighted by Crippen LogP contribution is 2.10. The summed E-state index contributed by atoms with van der Waals surface area (Å²) in [5.74, 6) is -0.314. The van der Waals surface area contributed by atoms with Gasteiger partial charge < -0.3 is 5.11 Å². The molecule has 1 heterocycles. The van der Waals surface area contributed by atoms with Crippen LogP contribution in [-0.2, 0) is 0 Å². The Bertz CT molecular complexity index is 274. The number of hydrogen-bond donors (Lipinski definition) is 1. The molecule has 0 aliphatic heterocycles. The average molecular weight is 112 g/mol. The van der Waals surface area contributed by atoms with Crippen LogP contribution in [0.4, 0.5) is 0 Å². The summed E-state index contributed by atoms with van der Waals surface area (Å²) in [6, 6.07) is -0.126. The zero-order chi connectivity index (χ0) is 8.59. The molecule has 2 nitrogen and oxygen atoms in total. The van der Waals surface area contributed by atoms with E-state index in [0.717, 1.165) is 0 Å². The largest absolute Gasteiger partial charge is 0.506 e. The van der Waals surface area contributed by atoms with Gasteiger partial charge in [0.15, 0.2) is 0 Å². The van der Waals surface area contributed by atoms with Crippen LogP contribution < -0.4 is 0 Å². The van der Waals surface area contributed by atoms with Crippen molar-refractivity contribution in [1.29, 1.82) is 0 Å². The molecule has 2 heteroatoms. The number of aromatic nitrogens is 1. The molecule has 0 spiro atoms. The quantitative estimate of drug-likeness (QED) is 0.545. The van der Waals surface area contributed by atoms with Crippen molar-refractivity contribution in [2.24, 2.45) is 0 Å². The van der Waals surface area contributed by atoms with Crippen molar-refractivity contribution >= 4 is 0 Å². The van der Waals surface area contributed by atoms with Crippen LogP contribution in [0, 0.1) is 6.92 Å². The zero-order valence-electron chi connectivity index (χ0n) is 7.39. The Morgan fingerprint density at radius 2 is 2.62 bits per heavy atom. The zero-order valence-corrected chi connectivity index (χ0v) is 4.39. The van der Waals surface area contributed by atoms with Crippen molar-refractivity contribution in [1.82, 2.24) is 4.98 Å². The molecule has 1 N–H and O–H groups in total. The second kappa shape index (κ2) is 1.82. The first-order valence-electron chi connectivity index (χ1n) is 3.67.